The first-order chi connectivity index (χ1) is 10.5. The number of hydrazone groups is 1. The monoisotopic (exact) mass is 337 g/mol. The molecule has 0 aliphatic rings. The molecule has 0 fully saturated rings. The number of nitrogens with zero attached hydrogens (tertiary/aromatic N) is 2. The van der Waals surface area contributed by atoms with Crippen molar-refractivity contribution >= 4 is 41.0 Å². The molecule has 0 atom stereocenters. The summed E-state index contributed by atoms with van der Waals surface area (Å²) >= 11 is 11.6. The summed E-state index contributed by atoms with van der Waals surface area (Å²) in [7, 11) is 0. The number of benzene rings is 2. The lowest BCUT2D eigenvalue weighted by Gasteiger charge is -2.01. The predicted octanol–water partition coefficient (Wildman–Crippen LogP) is 3.67. The minimum absolute atomic E-state index is 0.0706. The maximum atomic E-state index is 11.9. The van der Waals surface area contributed by atoms with Crippen molar-refractivity contribution in [3.05, 3.63) is 73.8 Å². The number of rotatable bonds is 4. The van der Waals surface area contributed by atoms with Crippen LogP contribution in [0.3, 0.4) is 0 Å². The highest BCUT2D eigenvalue weighted by Crippen LogP contribution is 2.21. The highest BCUT2D eigenvalue weighted by atomic mass is 35.5. The number of nitro benzene ring substituents is 1. The molecule has 0 saturated carbocycles. The molecule has 112 valence electrons. The van der Waals surface area contributed by atoms with Gasteiger partial charge < -0.3 is 0 Å². The van der Waals surface area contributed by atoms with Crippen molar-refractivity contribution in [3.8, 4) is 0 Å². The zero-order valence-electron chi connectivity index (χ0n) is 11.0. The molecule has 1 amide bonds. The van der Waals surface area contributed by atoms with Gasteiger partial charge in [-0.2, -0.15) is 5.10 Å². The van der Waals surface area contributed by atoms with Crippen molar-refractivity contribution < 1.29 is 9.72 Å². The zero-order chi connectivity index (χ0) is 16.1. The highest BCUT2D eigenvalue weighted by Gasteiger charge is 2.18. The standard InChI is InChI=1S/C14H9Cl2N3O3/c15-11-6-5-9(7-12(11)16)8-17-18-14(20)10-3-1-2-4-13(10)19(21)22/h1-8H,(H,18,20). The number of nitro groups is 1. The van der Waals surface area contributed by atoms with E-state index < -0.39 is 10.8 Å². The number of amides is 1. The molecular formula is C14H9Cl2N3O3. The molecule has 6 nitrogen and oxygen atoms in total. The second-order valence-electron chi connectivity index (χ2n) is 4.15. The van der Waals surface area contributed by atoms with Crippen LogP contribution in [-0.4, -0.2) is 17.0 Å². The van der Waals surface area contributed by atoms with Crippen LogP contribution in [0.25, 0.3) is 0 Å². The van der Waals surface area contributed by atoms with E-state index in [4.69, 9.17) is 23.2 Å². The third kappa shape index (κ3) is 3.81. The molecule has 0 aliphatic carbocycles. The fraction of sp³-hybridized carbons (Fsp3) is 0. The summed E-state index contributed by atoms with van der Waals surface area (Å²) in [6.45, 7) is 0. The Morgan fingerprint density at radius 2 is 1.91 bits per heavy atom. The third-order valence-electron chi connectivity index (χ3n) is 2.67. The van der Waals surface area contributed by atoms with Crippen molar-refractivity contribution in [1.29, 1.82) is 0 Å². The Bertz CT molecular complexity index is 763. The molecule has 0 aliphatic heterocycles. The Hall–Kier alpha value is -2.44. The van der Waals surface area contributed by atoms with Gasteiger partial charge in [-0.15, -0.1) is 0 Å². The van der Waals surface area contributed by atoms with E-state index in [0.717, 1.165) is 0 Å². The number of hydrogen-bond donors (Lipinski definition) is 1. The maximum Gasteiger partial charge on any atom is 0.282 e. The summed E-state index contributed by atoms with van der Waals surface area (Å²) in [6.07, 6.45) is 1.36. The minimum Gasteiger partial charge on any atom is -0.267 e. The van der Waals surface area contributed by atoms with Crippen LogP contribution in [-0.2, 0) is 0 Å². The molecule has 0 aromatic heterocycles. The van der Waals surface area contributed by atoms with Gasteiger partial charge in [0.05, 0.1) is 21.2 Å². The molecule has 0 saturated heterocycles. The first-order valence-electron chi connectivity index (χ1n) is 6.01. The van der Waals surface area contributed by atoms with Crippen molar-refractivity contribution in [1.82, 2.24) is 5.43 Å². The molecule has 0 unspecified atom stereocenters. The summed E-state index contributed by atoms with van der Waals surface area (Å²) in [4.78, 5) is 22.1. The fourth-order valence-corrected chi connectivity index (χ4v) is 1.95. The number of para-hydroxylation sites is 1. The summed E-state index contributed by atoms with van der Waals surface area (Å²) in [5.74, 6) is -0.677. The number of hydrogen-bond acceptors (Lipinski definition) is 4. The zero-order valence-corrected chi connectivity index (χ0v) is 12.5. The minimum atomic E-state index is -0.677. The van der Waals surface area contributed by atoms with Crippen LogP contribution in [0.15, 0.2) is 47.6 Å². The summed E-state index contributed by atoms with van der Waals surface area (Å²) in [5.41, 5.74) is 2.49. The Labute approximate surface area is 135 Å². The smallest absolute Gasteiger partial charge is 0.267 e. The third-order valence-corrected chi connectivity index (χ3v) is 3.41. The van der Waals surface area contributed by atoms with Crippen LogP contribution >= 0.6 is 23.2 Å². The topological polar surface area (TPSA) is 84.6 Å². The molecule has 8 heteroatoms. The molecule has 1 N–H and O–H groups in total. The largest absolute Gasteiger partial charge is 0.282 e. The van der Waals surface area contributed by atoms with Crippen molar-refractivity contribution in [2.75, 3.05) is 0 Å². The molecule has 0 bridgehead atoms. The van der Waals surface area contributed by atoms with E-state index in [0.29, 0.717) is 15.6 Å². The van der Waals surface area contributed by atoms with Crippen molar-refractivity contribution in [2.24, 2.45) is 5.10 Å². The molecule has 0 spiro atoms. The van der Waals surface area contributed by atoms with E-state index in [-0.39, 0.29) is 11.3 Å². The van der Waals surface area contributed by atoms with Crippen molar-refractivity contribution in [2.45, 2.75) is 0 Å². The van der Waals surface area contributed by atoms with Gasteiger partial charge in [-0.05, 0) is 23.8 Å². The lowest BCUT2D eigenvalue weighted by atomic mass is 10.2. The second kappa shape index (κ2) is 7.02. The molecular weight excluding hydrogens is 329 g/mol. The average Bonchev–Trinajstić information content (AvgIpc) is 2.50. The number of carbonyl (C=O) groups excluding carboxylic acids is 1. The lowest BCUT2D eigenvalue weighted by Crippen LogP contribution is -2.18. The molecule has 2 aromatic carbocycles. The van der Waals surface area contributed by atoms with Gasteiger partial charge in [0.15, 0.2) is 0 Å². The predicted molar refractivity (Wildman–Crippen MR) is 84.6 cm³/mol. The Morgan fingerprint density at radius 1 is 1.18 bits per heavy atom. The van der Waals surface area contributed by atoms with E-state index in [1.807, 2.05) is 0 Å². The van der Waals surface area contributed by atoms with E-state index in [2.05, 4.69) is 10.5 Å². The Kier molecular flexibility index (Phi) is 5.08. The number of nitrogens with one attached hydrogen (secondary N) is 1. The van der Waals surface area contributed by atoms with Crippen LogP contribution in [0.1, 0.15) is 15.9 Å². The number of carbonyl (C=O) groups is 1. The first kappa shape index (κ1) is 15.9. The van der Waals surface area contributed by atoms with Gasteiger partial charge in [-0.25, -0.2) is 5.43 Å². The molecule has 0 heterocycles. The van der Waals surface area contributed by atoms with Crippen LogP contribution in [0, 0.1) is 10.1 Å². The summed E-state index contributed by atoms with van der Waals surface area (Å²) in [6, 6.07) is 10.4. The fourth-order valence-electron chi connectivity index (χ4n) is 1.64. The van der Waals surface area contributed by atoms with Gasteiger partial charge in [0.1, 0.15) is 5.56 Å². The molecule has 2 aromatic rings. The van der Waals surface area contributed by atoms with E-state index in [1.165, 1.54) is 30.5 Å². The van der Waals surface area contributed by atoms with Gasteiger partial charge >= 0.3 is 0 Å². The molecule has 22 heavy (non-hydrogen) atoms. The van der Waals surface area contributed by atoms with Crippen LogP contribution in [0.4, 0.5) is 5.69 Å². The number of halogens is 2. The van der Waals surface area contributed by atoms with Gasteiger partial charge in [0, 0.05) is 6.07 Å². The maximum absolute atomic E-state index is 11.9. The summed E-state index contributed by atoms with van der Waals surface area (Å²) < 4.78 is 0. The summed E-state index contributed by atoms with van der Waals surface area (Å²) in [5, 5.41) is 15.4. The quantitative estimate of drug-likeness (QED) is 0.524. The first-order valence-corrected chi connectivity index (χ1v) is 6.76. The van der Waals surface area contributed by atoms with Crippen LogP contribution in [0.2, 0.25) is 10.0 Å². The van der Waals surface area contributed by atoms with Crippen molar-refractivity contribution in [3.63, 3.8) is 0 Å². The Morgan fingerprint density at radius 3 is 2.59 bits per heavy atom. The van der Waals surface area contributed by atoms with Crippen LogP contribution < -0.4 is 5.43 Å². The second-order valence-corrected chi connectivity index (χ2v) is 4.96. The average molecular weight is 338 g/mol. The van der Waals surface area contributed by atoms with E-state index in [9.17, 15) is 14.9 Å². The normalized spacial score (nSPS) is 10.6. The lowest BCUT2D eigenvalue weighted by molar-refractivity contribution is -0.385. The molecule has 2 rings (SSSR count). The van der Waals surface area contributed by atoms with E-state index >= 15 is 0 Å². The van der Waals surface area contributed by atoms with E-state index in [1.54, 1.807) is 18.2 Å². The molecule has 0 radical (unpaired) electrons. The van der Waals surface area contributed by atoms with Gasteiger partial charge in [-0.3, -0.25) is 14.9 Å². The Balaban J connectivity index is 2.11. The van der Waals surface area contributed by atoms with Gasteiger partial charge in [0.25, 0.3) is 11.6 Å². The van der Waals surface area contributed by atoms with Crippen LogP contribution in [0.5, 0.6) is 0 Å². The van der Waals surface area contributed by atoms with Gasteiger partial charge in [0.2, 0.25) is 0 Å². The highest BCUT2D eigenvalue weighted by molar-refractivity contribution is 6.42. The van der Waals surface area contributed by atoms with Gasteiger partial charge in [-0.1, -0.05) is 41.4 Å². The SMILES string of the molecule is O=C(NN=Cc1ccc(Cl)c(Cl)c1)c1ccccc1[N+](=O)[O-].